The van der Waals surface area contributed by atoms with Gasteiger partial charge in [0.15, 0.2) is 5.69 Å². The van der Waals surface area contributed by atoms with Crippen LogP contribution in [0.25, 0.3) is 10.8 Å². The molecule has 164 valence electrons. The van der Waals surface area contributed by atoms with Crippen LogP contribution >= 0.6 is 0 Å². The molecule has 2 aromatic carbocycles. The topological polar surface area (TPSA) is 108 Å². The van der Waals surface area contributed by atoms with Gasteiger partial charge in [-0.2, -0.15) is 0 Å². The minimum Gasteiger partial charge on any atom is -0.478 e. The molecular formula is C25H25N3O4. The van der Waals surface area contributed by atoms with E-state index in [9.17, 15) is 19.5 Å². The standard InChI is InChI=1S/C25H25N3O4/c29-23(19-12-13-20(25(31)32)18-10-5-4-9-17(18)19)28-21-11-6-14-26-22(21)24(30)27-15-16-7-2-1-3-8-16/h4-6,9-14,16H,1-3,7-8,15H2,(H,27,30)(H,28,29)(H,31,32). The Hall–Kier alpha value is -3.74. The summed E-state index contributed by atoms with van der Waals surface area (Å²) in [6.45, 7) is 0.601. The first-order valence-corrected chi connectivity index (χ1v) is 10.8. The molecule has 7 heteroatoms. The molecule has 0 spiro atoms. The van der Waals surface area contributed by atoms with Crippen LogP contribution in [0.4, 0.5) is 5.69 Å². The first-order chi connectivity index (χ1) is 15.5. The zero-order chi connectivity index (χ0) is 22.5. The van der Waals surface area contributed by atoms with Gasteiger partial charge in [0, 0.05) is 18.3 Å². The smallest absolute Gasteiger partial charge is 0.336 e. The van der Waals surface area contributed by atoms with E-state index in [1.165, 1.54) is 37.6 Å². The third-order valence-corrected chi connectivity index (χ3v) is 5.95. The molecule has 1 fully saturated rings. The summed E-state index contributed by atoms with van der Waals surface area (Å²) in [6.07, 6.45) is 7.39. The van der Waals surface area contributed by atoms with E-state index in [1.54, 1.807) is 36.4 Å². The molecule has 1 heterocycles. The highest BCUT2D eigenvalue weighted by Crippen LogP contribution is 2.25. The molecule has 0 atom stereocenters. The summed E-state index contributed by atoms with van der Waals surface area (Å²) in [5, 5.41) is 16.2. The van der Waals surface area contributed by atoms with Crippen molar-refractivity contribution in [3.05, 3.63) is 71.5 Å². The van der Waals surface area contributed by atoms with Crippen molar-refractivity contribution < 1.29 is 19.5 Å². The summed E-state index contributed by atoms with van der Waals surface area (Å²) in [7, 11) is 0. The number of aromatic carboxylic acids is 1. The molecule has 1 aliphatic rings. The Labute approximate surface area is 185 Å². The Morgan fingerprint density at radius 1 is 0.875 bits per heavy atom. The molecule has 32 heavy (non-hydrogen) atoms. The van der Waals surface area contributed by atoms with Crippen LogP contribution in [0.1, 0.15) is 63.3 Å². The summed E-state index contributed by atoms with van der Waals surface area (Å²) in [4.78, 5) is 41.6. The minimum absolute atomic E-state index is 0.126. The molecule has 3 N–H and O–H groups in total. The number of hydrogen-bond acceptors (Lipinski definition) is 4. The SMILES string of the molecule is O=C(NCC1CCCCC1)c1ncccc1NC(=O)c1ccc(C(=O)O)c2ccccc12. The van der Waals surface area contributed by atoms with Crippen molar-refractivity contribution in [3.63, 3.8) is 0 Å². The fraction of sp³-hybridized carbons (Fsp3) is 0.280. The average Bonchev–Trinajstić information content (AvgIpc) is 2.82. The Kier molecular flexibility index (Phi) is 6.44. The molecule has 0 unspecified atom stereocenters. The second kappa shape index (κ2) is 9.60. The molecule has 1 saturated carbocycles. The van der Waals surface area contributed by atoms with Crippen molar-refractivity contribution in [3.8, 4) is 0 Å². The number of aromatic nitrogens is 1. The summed E-state index contributed by atoms with van der Waals surface area (Å²) >= 11 is 0. The number of nitrogens with zero attached hydrogens (tertiary/aromatic N) is 1. The van der Waals surface area contributed by atoms with Gasteiger partial charge < -0.3 is 15.7 Å². The van der Waals surface area contributed by atoms with Crippen LogP contribution in [0, 0.1) is 5.92 Å². The molecule has 0 bridgehead atoms. The lowest BCUT2D eigenvalue weighted by molar-refractivity contribution is 0.0698. The van der Waals surface area contributed by atoms with Gasteiger partial charge >= 0.3 is 5.97 Å². The maximum atomic E-state index is 13.1. The van der Waals surface area contributed by atoms with Gasteiger partial charge in [-0.05, 0) is 53.8 Å². The van der Waals surface area contributed by atoms with Gasteiger partial charge in [-0.3, -0.25) is 9.59 Å². The second-order valence-electron chi connectivity index (χ2n) is 8.08. The number of fused-ring (bicyclic) bond motifs is 1. The largest absolute Gasteiger partial charge is 0.478 e. The van der Waals surface area contributed by atoms with E-state index in [-0.39, 0.29) is 17.2 Å². The van der Waals surface area contributed by atoms with Crippen LogP contribution in [-0.4, -0.2) is 34.4 Å². The highest BCUT2D eigenvalue weighted by atomic mass is 16.4. The molecule has 0 aliphatic heterocycles. The number of carbonyl (C=O) groups excluding carboxylic acids is 2. The highest BCUT2D eigenvalue weighted by molar-refractivity contribution is 6.17. The van der Waals surface area contributed by atoms with Crippen molar-refractivity contribution in [2.45, 2.75) is 32.1 Å². The van der Waals surface area contributed by atoms with Crippen LogP contribution < -0.4 is 10.6 Å². The lowest BCUT2D eigenvalue weighted by atomic mass is 9.89. The molecule has 3 aromatic rings. The maximum absolute atomic E-state index is 13.1. The number of carboxylic acid groups (broad SMARTS) is 1. The Morgan fingerprint density at radius 2 is 1.56 bits per heavy atom. The normalized spacial score (nSPS) is 14.1. The second-order valence-corrected chi connectivity index (χ2v) is 8.08. The lowest BCUT2D eigenvalue weighted by Gasteiger charge is -2.21. The van der Waals surface area contributed by atoms with Gasteiger partial charge in [0.1, 0.15) is 0 Å². The van der Waals surface area contributed by atoms with E-state index < -0.39 is 11.9 Å². The number of benzene rings is 2. The Balaban J connectivity index is 1.55. The van der Waals surface area contributed by atoms with E-state index in [4.69, 9.17) is 0 Å². The number of rotatable bonds is 6. The number of pyridine rings is 1. The molecule has 2 amide bonds. The van der Waals surface area contributed by atoms with E-state index in [1.807, 2.05) is 0 Å². The predicted octanol–water partition coefficient (Wildman–Crippen LogP) is 4.50. The summed E-state index contributed by atoms with van der Waals surface area (Å²) < 4.78 is 0. The minimum atomic E-state index is -1.06. The van der Waals surface area contributed by atoms with Crippen LogP contribution in [0.3, 0.4) is 0 Å². The van der Waals surface area contributed by atoms with Crippen molar-refractivity contribution in [1.29, 1.82) is 0 Å². The average molecular weight is 431 g/mol. The molecule has 0 radical (unpaired) electrons. The van der Waals surface area contributed by atoms with E-state index in [0.29, 0.717) is 34.5 Å². The molecule has 1 aromatic heterocycles. The van der Waals surface area contributed by atoms with Gasteiger partial charge in [-0.25, -0.2) is 9.78 Å². The summed E-state index contributed by atoms with van der Waals surface area (Å²) in [5.41, 5.74) is 0.914. The maximum Gasteiger partial charge on any atom is 0.336 e. The highest BCUT2D eigenvalue weighted by Gasteiger charge is 2.20. The van der Waals surface area contributed by atoms with Crippen molar-refractivity contribution in [1.82, 2.24) is 10.3 Å². The number of nitrogens with one attached hydrogen (secondary N) is 2. The van der Waals surface area contributed by atoms with Gasteiger partial charge in [0.2, 0.25) is 0 Å². The monoisotopic (exact) mass is 431 g/mol. The van der Waals surface area contributed by atoms with Crippen LogP contribution in [-0.2, 0) is 0 Å². The predicted molar refractivity (Wildman–Crippen MR) is 122 cm³/mol. The molecule has 7 nitrogen and oxygen atoms in total. The first-order valence-electron chi connectivity index (χ1n) is 10.8. The first kappa shape index (κ1) is 21.5. The van der Waals surface area contributed by atoms with E-state index in [2.05, 4.69) is 15.6 Å². The number of carboxylic acids is 1. The van der Waals surface area contributed by atoms with Crippen molar-refractivity contribution in [2.24, 2.45) is 5.92 Å². The van der Waals surface area contributed by atoms with Crippen LogP contribution in [0.5, 0.6) is 0 Å². The van der Waals surface area contributed by atoms with Crippen molar-refractivity contribution in [2.75, 3.05) is 11.9 Å². The molecule has 4 rings (SSSR count). The summed E-state index contributed by atoms with van der Waals surface area (Å²) in [5.74, 6) is -1.34. The summed E-state index contributed by atoms with van der Waals surface area (Å²) in [6, 6.07) is 13.0. The number of amides is 2. The van der Waals surface area contributed by atoms with Crippen LogP contribution in [0.15, 0.2) is 54.7 Å². The number of anilines is 1. The van der Waals surface area contributed by atoms with Gasteiger partial charge in [0.05, 0.1) is 11.3 Å². The number of hydrogen-bond donors (Lipinski definition) is 3. The molecular weight excluding hydrogens is 406 g/mol. The van der Waals surface area contributed by atoms with Gasteiger partial charge in [0.25, 0.3) is 11.8 Å². The third kappa shape index (κ3) is 4.61. The zero-order valence-electron chi connectivity index (χ0n) is 17.6. The van der Waals surface area contributed by atoms with E-state index >= 15 is 0 Å². The van der Waals surface area contributed by atoms with Crippen molar-refractivity contribution >= 4 is 34.2 Å². The number of carbonyl (C=O) groups is 3. The van der Waals surface area contributed by atoms with E-state index in [0.717, 1.165) is 12.8 Å². The fourth-order valence-electron chi connectivity index (χ4n) is 4.27. The zero-order valence-corrected chi connectivity index (χ0v) is 17.6. The van der Waals surface area contributed by atoms with Gasteiger partial charge in [-0.1, -0.05) is 43.5 Å². The van der Waals surface area contributed by atoms with Gasteiger partial charge in [-0.15, -0.1) is 0 Å². The Bertz CT molecular complexity index is 1170. The van der Waals surface area contributed by atoms with Crippen LogP contribution in [0.2, 0.25) is 0 Å². The molecule has 0 saturated heterocycles. The Morgan fingerprint density at radius 3 is 2.28 bits per heavy atom. The fourth-order valence-corrected chi connectivity index (χ4v) is 4.27. The quantitative estimate of drug-likeness (QED) is 0.533. The molecule has 1 aliphatic carbocycles. The third-order valence-electron chi connectivity index (χ3n) is 5.95. The lowest BCUT2D eigenvalue weighted by Crippen LogP contribution is -2.31.